The maximum atomic E-state index is 14.2. The van der Waals surface area contributed by atoms with Crippen molar-refractivity contribution in [2.75, 3.05) is 12.0 Å². The molecule has 1 aromatic heterocycles. The zero-order chi connectivity index (χ0) is 25.8. The highest BCUT2D eigenvalue weighted by molar-refractivity contribution is 7.13. The van der Waals surface area contributed by atoms with E-state index in [9.17, 15) is 9.59 Å². The van der Waals surface area contributed by atoms with Crippen LogP contribution < -0.4 is 15.0 Å². The Kier molecular flexibility index (Phi) is 8.09. The average Bonchev–Trinajstić information content (AvgIpc) is 3.22. The minimum Gasteiger partial charge on any atom is -0.497 e. The van der Waals surface area contributed by atoms with Gasteiger partial charge in [-0.05, 0) is 81.5 Å². The number of thiazole rings is 1. The van der Waals surface area contributed by atoms with Crippen LogP contribution in [0.4, 0.5) is 5.69 Å². The third kappa shape index (κ3) is 5.62. The SMILES string of the molecule is COc1ccc([C@H](C(=O)NC2CCCCC2)N(C(=O)c2sc(C)nc2C)c2ccc(C)c(C)c2)cc1. The fraction of sp³-hybridized carbons (Fsp3) is 0.414. The second kappa shape index (κ2) is 11.2. The number of nitrogens with one attached hydrogen (secondary N) is 1. The smallest absolute Gasteiger partial charge is 0.271 e. The van der Waals surface area contributed by atoms with E-state index in [1.165, 1.54) is 17.8 Å². The van der Waals surface area contributed by atoms with Crippen LogP contribution >= 0.6 is 11.3 Å². The molecule has 0 saturated heterocycles. The number of ether oxygens (including phenoxy) is 1. The second-order valence-corrected chi connectivity index (χ2v) is 10.8. The largest absolute Gasteiger partial charge is 0.497 e. The molecule has 0 spiro atoms. The molecule has 1 saturated carbocycles. The second-order valence-electron chi connectivity index (χ2n) is 9.61. The topological polar surface area (TPSA) is 71.5 Å². The van der Waals surface area contributed by atoms with Crippen molar-refractivity contribution >= 4 is 28.8 Å². The standard InChI is InChI=1S/C29H35N3O3S/c1-18-11-14-24(17-19(18)2)32(29(34)27-20(3)30-21(4)36-27)26(22-12-15-25(35-5)16-13-22)28(33)31-23-9-7-6-8-10-23/h11-17,23,26H,6-10H2,1-5H3,(H,31,33)/t26-/m1/s1. The molecule has 1 atom stereocenters. The van der Waals surface area contributed by atoms with Crippen molar-refractivity contribution < 1.29 is 14.3 Å². The summed E-state index contributed by atoms with van der Waals surface area (Å²) < 4.78 is 5.35. The van der Waals surface area contributed by atoms with Crippen LogP contribution in [0.5, 0.6) is 5.75 Å². The van der Waals surface area contributed by atoms with Crippen LogP contribution in [0.3, 0.4) is 0 Å². The van der Waals surface area contributed by atoms with E-state index in [1.807, 2.05) is 70.2 Å². The lowest BCUT2D eigenvalue weighted by molar-refractivity contribution is -0.123. The van der Waals surface area contributed by atoms with E-state index in [2.05, 4.69) is 10.3 Å². The minimum absolute atomic E-state index is 0.121. The Bertz CT molecular complexity index is 1230. The van der Waals surface area contributed by atoms with E-state index in [1.54, 1.807) is 12.0 Å². The van der Waals surface area contributed by atoms with Crippen LogP contribution in [0, 0.1) is 27.7 Å². The highest BCUT2D eigenvalue weighted by atomic mass is 32.1. The van der Waals surface area contributed by atoms with Gasteiger partial charge in [-0.25, -0.2) is 4.98 Å². The molecule has 2 amide bonds. The van der Waals surface area contributed by atoms with Crippen molar-refractivity contribution in [2.24, 2.45) is 0 Å². The summed E-state index contributed by atoms with van der Waals surface area (Å²) in [7, 11) is 1.61. The van der Waals surface area contributed by atoms with Gasteiger partial charge in [-0.1, -0.05) is 37.5 Å². The molecule has 0 aliphatic heterocycles. The van der Waals surface area contributed by atoms with Gasteiger partial charge in [0.25, 0.3) is 5.91 Å². The Hall–Kier alpha value is -3.19. The van der Waals surface area contributed by atoms with Crippen molar-refractivity contribution in [2.45, 2.75) is 71.9 Å². The van der Waals surface area contributed by atoms with Crippen molar-refractivity contribution in [3.63, 3.8) is 0 Å². The molecule has 36 heavy (non-hydrogen) atoms. The summed E-state index contributed by atoms with van der Waals surface area (Å²) in [4.78, 5) is 34.9. The van der Waals surface area contributed by atoms with Crippen molar-refractivity contribution in [1.82, 2.24) is 10.3 Å². The van der Waals surface area contributed by atoms with E-state index >= 15 is 0 Å². The summed E-state index contributed by atoms with van der Waals surface area (Å²) in [6, 6.07) is 12.6. The molecule has 2 aromatic carbocycles. The lowest BCUT2D eigenvalue weighted by Gasteiger charge is -2.33. The zero-order valence-corrected chi connectivity index (χ0v) is 22.6. The van der Waals surface area contributed by atoms with Gasteiger partial charge in [0.1, 0.15) is 16.7 Å². The maximum absolute atomic E-state index is 14.2. The van der Waals surface area contributed by atoms with Crippen molar-refractivity contribution in [1.29, 1.82) is 0 Å². The normalized spacial score (nSPS) is 14.8. The fourth-order valence-electron chi connectivity index (χ4n) is 4.83. The average molecular weight is 506 g/mol. The van der Waals surface area contributed by atoms with Gasteiger partial charge in [-0.15, -0.1) is 11.3 Å². The Morgan fingerprint density at radius 1 is 1.00 bits per heavy atom. The van der Waals surface area contributed by atoms with Gasteiger partial charge < -0.3 is 10.1 Å². The lowest BCUT2D eigenvalue weighted by atomic mass is 9.94. The molecule has 4 rings (SSSR count). The number of aryl methyl sites for hydroxylation is 4. The number of hydrogen-bond acceptors (Lipinski definition) is 5. The third-order valence-corrected chi connectivity index (χ3v) is 8.04. The lowest BCUT2D eigenvalue weighted by Crippen LogP contribution is -2.47. The zero-order valence-electron chi connectivity index (χ0n) is 21.8. The van der Waals surface area contributed by atoms with Gasteiger partial charge in [-0.3, -0.25) is 14.5 Å². The monoisotopic (exact) mass is 505 g/mol. The number of rotatable bonds is 7. The highest BCUT2D eigenvalue weighted by Crippen LogP contribution is 2.34. The van der Waals surface area contributed by atoms with Crippen molar-refractivity contribution in [3.05, 3.63) is 74.7 Å². The van der Waals surface area contributed by atoms with E-state index in [4.69, 9.17) is 4.74 Å². The summed E-state index contributed by atoms with van der Waals surface area (Å²) in [6.45, 7) is 7.80. The Morgan fingerprint density at radius 2 is 1.69 bits per heavy atom. The van der Waals surface area contributed by atoms with Crippen LogP contribution in [-0.4, -0.2) is 29.9 Å². The molecule has 1 aliphatic rings. The van der Waals surface area contributed by atoms with E-state index < -0.39 is 6.04 Å². The number of hydrogen-bond donors (Lipinski definition) is 1. The third-order valence-electron chi connectivity index (χ3n) is 6.97. The fourth-order valence-corrected chi connectivity index (χ4v) is 5.69. The van der Waals surface area contributed by atoms with Gasteiger partial charge in [0.15, 0.2) is 0 Å². The molecule has 190 valence electrons. The van der Waals surface area contributed by atoms with Gasteiger partial charge in [0.2, 0.25) is 5.91 Å². The summed E-state index contributed by atoms with van der Waals surface area (Å²) in [5.41, 5.74) is 4.28. The van der Waals surface area contributed by atoms with Crippen LogP contribution in [-0.2, 0) is 4.79 Å². The number of aromatic nitrogens is 1. The Morgan fingerprint density at radius 3 is 2.28 bits per heavy atom. The first-order chi connectivity index (χ1) is 17.3. The molecule has 1 N–H and O–H groups in total. The van der Waals surface area contributed by atoms with Crippen molar-refractivity contribution in [3.8, 4) is 5.75 Å². The molecule has 0 bridgehead atoms. The Labute approximate surface area is 217 Å². The van der Waals surface area contributed by atoms with E-state index in [0.29, 0.717) is 22.0 Å². The maximum Gasteiger partial charge on any atom is 0.271 e. The predicted octanol–water partition coefficient (Wildman–Crippen LogP) is 6.22. The number of anilines is 1. The number of carbonyl (C=O) groups excluding carboxylic acids is 2. The molecular formula is C29H35N3O3S. The van der Waals surface area contributed by atoms with Gasteiger partial charge in [-0.2, -0.15) is 0 Å². The van der Waals surface area contributed by atoms with E-state index in [-0.39, 0.29) is 17.9 Å². The first-order valence-corrected chi connectivity index (χ1v) is 13.4. The summed E-state index contributed by atoms with van der Waals surface area (Å²) in [5.74, 6) is 0.307. The molecule has 1 fully saturated rings. The van der Waals surface area contributed by atoms with Gasteiger partial charge in [0.05, 0.1) is 17.8 Å². The van der Waals surface area contributed by atoms with Crippen LogP contribution in [0.1, 0.15) is 75.2 Å². The van der Waals surface area contributed by atoms with Crippen LogP contribution in [0.2, 0.25) is 0 Å². The van der Waals surface area contributed by atoms with E-state index in [0.717, 1.165) is 47.4 Å². The molecule has 3 aromatic rings. The first kappa shape index (κ1) is 25.9. The number of benzene rings is 2. The number of methoxy groups -OCH3 is 1. The quantitative estimate of drug-likeness (QED) is 0.414. The molecule has 0 radical (unpaired) electrons. The molecule has 1 heterocycles. The van der Waals surface area contributed by atoms with Gasteiger partial charge >= 0.3 is 0 Å². The molecule has 7 heteroatoms. The summed E-state index contributed by atoms with van der Waals surface area (Å²) in [6.07, 6.45) is 5.34. The van der Waals surface area contributed by atoms with Crippen LogP contribution in [0.25, 0.3) is 0 Å². The molecule has 1 aliphatic carbocycles. The summed E-state index contributed by atoms with van der Waals surface area (Å²) in [5, 5.41) is 4.09. The molecule has 6 nitrogen and oxygen atoms in total. The molecule has 0 unspecified atom stereocenters. The first-order valence-electron chi connectivity index (χ1n) is 12.6. The molecular weight excluding hydrogens is 470 g/mol. The number of carbonyl (C=O) groups is 2. The predicted molar refractivity (Wildman–Crippen MR) is 145 cm³/mol. The number of amides is 2. The highest BCUT2D eigenvalue weighted by Gasteiger charge is 2.36. The Balaban J connectivity index is 1.84. The van der Waals surface area contributed by atoms with Crippen LogP contribution in [0.15, 0.2) is 42.5 Å². The minimum atomic E-state index is -0.839. The number of nitrogens with zero attached hydrogens (tertiary/aromatic N) is 2. The van der Waals surface area contributed by atoms with Gasteiger partial charge in [0, 0.05) is 11.7 Å². The summed E-state index contributed by atoms with van der Waals surface area (Å²) >= 11 is 1.36.